The number of halogens is 4. The van der Waals surface area contributed by atoms with Gasteiger partial charge in [-0.25, -0.2) is 18.9 Å². The first-order chi connectivity index (χ1) is 18.6. The van der Waals surface area contributed by atoms with E-state index in [1.54, 1.807) is 0 Å². The number of terminal acetylenes is 1. The highest BCUT2D eigenvalue weighted by atomic mass is 32.1. The van der Waals surface area contributed by atoms with Gasteiger partial charge in [-0.1, -0.05) is 0 Å². The Morgan fingerprint density at radius 1 is 1.00 bits per heavy atom. The number of thiazole rings is 1. The Bertz CT molecular complexity index is 1720. The molecule has 198 valence electrons. The van der Waals surface area contributed by atoms with E-state index in [4.69, 9.17) is 6.42 Å². The third-order valence-electron chi connectivity index (χ3n) is 6.31. The monoisotopic (exact) mass is 555 g/mol. The van der Waals surface area contributed by atoms with E-state index < -0.39 is 45.8 Å². The summed E-state index contributed by atoms with van der Waals surface area (Å²) in [6, 6.07) is 5.01. The van der Waals surface area contributed by atoms with Gasteiger partial charge in [0.15, 0.2) is 5.01 Å². The molecule has 0 radical (unpaired) electrons. The molecule has 1 N–H and O–H groups in total. The van der Waals surface area contributed by atoms with Crippen LogP contribution in [0.25, 0.3) is 10.8 Å². The average molecular weight is 556 g/mol. The van der Waals surface area contributed by atoms with E-state index >= 15 is 8.78 Å². The Kier molecular flexibility index (Phi) is 6.65. The molecule has 2 aromatic heterocycles. The lowest BCUT2D eigenvalue weighted by atomic mass is 9.98. The molecule has 0 saturated carbocycles. The minimum atomic E-state index is -3.88. The van der Waals surface area contributed by atoms with Crippen molar-refractivity contribution in [1.29, 1.82) is 0 Å². The van der Waals surface area contributed by atoms with Crippen molar-refractivity contribution in [2.75, 3.05) is 26.2 Å². The molecule has 0 bridgehead atoms. The van der Waals surface area contributed by atoms with Gasteiger partial charge in [-0.05, 0) is 42.3 Å². The molecule has 5 rings (SSSR count). The lowest BCUT2D eigenvalue weighted by Gasteiger charge is -2.34. The van der Waals surface area contributed by atoms with Gasteiger partial charge in [0.2, 0.25) is 0 Å². The number of aromatic amines is 1. The summed E-state index contributed by atoms with van der Waals surface area (Å²) < 4.78 is 59.5. The van der Waals surface area contributed by atoms with Crippen molar-refractivity contribution in [3.05, 3.63) is 91.3 Å². The molecule has 1 saturated heterocycles. The molecule has 2 amide bonds. The van der Waals surface area contributed by atoms with E-state index in [1.807, 2.05) is 5.10 Å². The first kappa shape index (κ1) is 26.1. The van der Waals surface area contributed by atoms with Crippen LogP contribution in [0, 0.1) is 24.0 Å². The second-order valence-corrected chi connectivity index (χ2v) is 9.49. The lowest BCUT2D eigenvalue weighted by Crippen LogP contribution is -2.50. The summed E-state index contributed by atoms with van der Waals surface area (Å²) in [7, 11) is 0. The van der Waals surface area contributed by atoms with Gasteiger partial charge in [-0.15, -0.1) is 17.8 Å². The number of fused-ring (bicyclic) bond motifs is 1. The summed E-state index contributed by atoms with van der Waals surface area (Å²) in [5, 5.41) is 6.67. The summed E-state index contributed by atoms with van der Waals surface area (Å²) in [5.41, 5.74) is -2.91. The standard InChI is InChI=1S/C26H17F4N5O3S/c1-2-21-31-20(13-39-21)25(38)35-9-7-34(8-10-35)24(37)18-11-14(3-6-19(18)28)26(29,30)22-16-5-4-15(27)12-17(16)23(36)33-32-22/h1,3-6,11-13H,7-10H2,(H,33,36). The molecular weight excluding hydrogens is 538 g/mol. The van der Waals surface area contributed by atoms with Crippen molar-refractivity contribution < 1.29 is 27.2 Å². The molecule has 8 nitrogen and oxygen atoms in total. The van der Waals surface area contributed by atoms with Crippen LogP contribution in [-0.4, -0.2) is 63.0 Å². The maximum absolute atomic E-state index is 15.6. The largest absolute Gasteiger partial charge is 0.335 e. The highest BCUT2D eigenvalue weighted by Gasteiger charge is 2.39. The molecule has 1 aliphatic heterocycles. The zero-order valence-electron chi connectivity index (χ0n) is 19.9. The summed E-state index contributed by atoms with van der Waals surface area (Å²) >= 11 is 1.15. The molecule has 1 fully saturated rings. The van der Waals surface area contributed by atoms with Gasteiger partial charge in [-0.2, -0.15) is 13.9 Å². The molecule has 39 heavy (non-hydrogen) atoms. The number of carbonyl (C=O) groups excluding carboxylic acids is 2. The van der Waals surface area contributed by atoms with E-state index in [0.717, 1.165) is 47.7 Å². The Hall–Kier alpha value is -4.57. The first-order valence-electron chi connectivity index (χ1n) is 11.5. The smallest absolute Gasteiger partial charge is 0.317 e. The van der Waals surface area contributed by atoms with Gasteiger partial charge in [0, 0.05) is 42.5 Å². The SMILES string of the molecule is C#Cc1nc(C(=O)N2CCN(C(=O)c3cc(C(F)(F)c4n[nH]c(=O)c5cc(F)ccc45)ccc3F)CC2)cs1. The fraction of sp³-hybridized carbons (Fsp3) is 0.192. The van der Waals surface area contributed by atoms with Crippen molar-refractivity contribution in [2.24, 2.45) is 0 Å². The van der Waals surface area contributed by atoms with Gasteiger partial charge in [0.05, 0.1) is 10.9 Å². The van der Waals surface area contributed by atoms with Crippen LogP contribution in [0.5, 0.6) is 0 Å². The number of rotatable bonds is 4. The van der Waals surface area contributed by atoms with Crippen LogP contribution in [0.1, 0.15) is 37.1 Å². The number of hydrogen-bond donors (Lipinski definition) is 1. The first-order valence-corrected chi connectivity index (χ1v) is 12.3. The van der Waals surface area contributed by atoms with Gasteiger partial charge >= 0.3 is 5.92 Å². The Morgan fingerprint density at radius 3 is 2.36 bits per heavy atom. The number of H-pyrrole nitrogens is 1. The topological polar surface area (TPSA) is 99.3 Å². The van der Waals surface area contributed by atoms with Gasteiger partial charge < -0.3 is 9.80 Å². The predicted octanol–water partition coefficient (Wildman–Crippen LogP) is 3.38. The number of piperazine rings is 1. The van der Waals surface area contributed by atoms with E-state index in [1.165, 1.54) is 15.2 Å². The fourth-order valence-electron chi connectivity index (χ4n) is 4.28. The minimum Gasteiger partial charge on any atom is -0.335 e. The van der Waals surface area contributed by atoms with Crippen molar-refractivity contribution in [2.45, 2.75) is 5.92 Å². The third-order valence-corrected chi connectivity index (χ3v) is 7.08. The summed E-state index contributed by atoms with van der Waals surface area (Å²) in [6.45, 7) is 0.312. The normalized spacial score (nSPS) is 13.9. The van der Waals surface area contributed by atoms with E-state index in [0.29, 0.717) is 5.01 Å². The molecule has 3 heterocycles. The van der Waals surface area contributed by atoms with Crippen LogP contribution in [0.4, 0.5) is 17.6 Å². The Labute approximate surface area is 221 Å². The number of nitrogens with one attached hydrogen (secondary N) is 1. The van der Waals surface area contributed by atoms with Crippen LogP contribution in [0.3, 0.4) is 0 Å². The highest BCUT2D eigenvalue weighted by Crippen LogP contribution is 2.38. The fourth-order valence-corrected chi connectivity index (χ4v) is 4.88. The predicted molar refractivity (Wildman–Crippen MR) is 134 cm³/mol. The zero-order valence-corrected chi connectivity index (χ0v) is 20.7. The highest BCUT2D eigenvalue weighted by molar-refractivity contribution is 7.10. The quantitative estimate of drug-likeness (QED) is 0.308. The molecule has 0 spiro atoms. The third kappa shape index (κ3) is 4.74. The molecule has 2 aromatic carbocycles. The van der Waals surface area contributed by atoms with E-state index in [9.17, 15) is 23.2 Å². The molecule has 0 aliphatic carbocycles. The van der Waals surface area contributed by atoms with Gasteiger partial charge in [-0.3, -0.25) is 14.4 Å². The number of amides is 2. The number of carbonyl (C=O) groups is 2. The molecule has 1 aliphatic rings. The van der Waals surface area contributed by atoms with E-state index in [2.05, 4.69) is 16.0 Å². The number of nitrogens with zero attached hydrogens (tertiary/aromatic N) is 4. The molecule has 0 atom stereocenters. The van der Waals surface area contributed by atoms with Crippen molar-refractivity contribution in [3.63, 3.8) is 0 Å². The second kappa shape index (κ2) is 9.95. The number of benzene rings is 2. The average Bonchev–Trinajstić information content (AvgIpc) is 3.42. The number of hydrogen-bond acceptors (Lipinski definition) is 6. The Morgan fingerprint density at radius 2 is 1.69 bits per heavy atom. The zero-order chi connectivity index (χ0) is 27.9. The van der Waals surface area contributed by atoms with Crippen molar-refractivity contribution >= 4 is 33.9 Å². The summed E-state index contributed by atoms with van der Waals surface area (Å²) in [6.07, 6.45) is 5.29. The van der Waals surface area contributed by atoms with E-state index in [-0.39, 0.29) is 48.6 Å². The maximum atomic E-state index is 15.6. The van der Waals surface area contributed by atoms with Crippen LogP contribution in [-0.2, 0) is 5.92 Å². The maximum Gasteiger partial charge on any atom is 0.317 e. The van der Waals surface area contributed by atoms with Gasteiger partial charge in [0.25, 0.3) is 17.4 Å². The lowest BCUT2D eigenvalue weighted by molar-refractivity contribution is 0.0384. The van der Waals surface area contributed by atoms with Crippen LogP contribution in [0.2, 0.25) is 0 Å². The second-order valence-electron chi connectivity index (χ2n) is 8.63. The van der Waals surface area contributed by atoms with Crippen LogP contribution >= 0.6 is 11.3 Å². The minimum absolute atomic E-state index is 0.0362. The van der Waals surface area contributed by atoms with Crippen LogP contribution in [0.15, 0.2) is 46.6 Å². The van der Waals surface area contributed by atoms with Crippen LogP contribution < -0.4 is 5.56 Å². The van der Waals surface area contributed by atoms with Crippen molar-refractivity contribution in [1.82, 2.24) is 25.0 Å². The molecule has 13 heteroatoms. The summed E-state index contributed by atoms with van der Waals surface area (Å²) in [4.78, 5) is 44.6. The summed E-state index contributed by atoms with van der Waals surface area (Å²) in [5.74, 6) is -4.53. The Balaban J connectivity index is 1.38. The van der Waals surface area contributed by atoms with Gasteiger partial charge in [0.1, 0.15) is 23.0 Å². The molecule has 4 aromatic rings. The number of aromatic nitrogens is 3. The molecule has 0 unspecified atom stereocenters. The molecular formula is C26H17F4N5O3S. The van der Waals surface area contributed by atoms with Crippen molar-refractivity contribution in [3.8, 4) is 12.3 Å². The number of alkyl halides is 2.